The molecule has 0 unspecified atom stereocenters. The maximum atomic E-state index is 12.7. The third-order valence-corrected chi connectivity index (χ3v) is 4.86. The highest BCUT2D eigenvalue weighted by Crippen LogP contribution is 2.23. The van der Waals surface area contributed by atoms with Crippen molar-refractivity contribution in [3.8, 4) is 17.4 Å². The summed E-state index contributed by atoms with van der Waals surface area (Å²) in [6, 6.07) is 15.7. The van der Waals surface area contributed by atoms with E-state index in [2.05, 4.69) is 4.98 Å². The molecule has 7 nitrogen and oxygen atoms in total. The minimum Gasteiger partial charge on any atom is -0.486 e. The van der Waals surface area contributed by atoms with Crippen LogP contribution in [0.15, 0.2) is 65.6 Å². The molecule has 0 atom stereocenters. The minimum absolute atomic E-state index is 0.0866. The first kappa shape index (κ1) is 18.7. The molecule has 148 valence electrons. The number of ether oxygens (including phenoxy) is 2. The van der Waals surface area contributed by atoms with Gasteiger partial charge in [-0.15, -0.1) is 0 Å². The molecule has 1 aliphatic heterocycles. The molecule has 1 aromatic carbocycles. The number of aromatic nitrogens is 2. The molecule has 1 amide bonds. The second kappa shape index (κ2) is 7.79. The molecule has 0 aliphatic carbocycles. The Morgan fingerprint density at radius 3 is 2.62 bits per heavy atom. The monoisotopic (exact) mass is 391 g/mol. The van der Waals surface area contributed by atoms with Gasteiger partial charge in [-0.2, -0.15) is 0 Å². The summed E-state index contributed by atoms with van der Waals surface area (Å²) in [5.74, 6) is 1.47. The van der Waals surface area contributed by atoms with Gasteiger partial charge >= 0.3 is 0 Å². The zero-order valence-electron chi connectivity index (χ0n) is 16.2. The van der Waals surface area contributed by atoms with Gasteiger partial charge in [0.15, 0.2) is 0 Å². The predicted octanol–water partition coefficient (Wildman–Crippen LogP) is 2.78. The van der Waals surface area contributed by atoms with Gasteiger partial charge in [-0.1, -0.05) is 12.1 Å². The fraction of sp³-hybridized carbons (Fsp3) is 0.227. The molecule has 0 saturated carbocycles. The lowest BCUT2D eigenvalue weighted by Crippen LogP contribution is -2.56. The van der Waals surface area contributed by atoms with Crippen LogP contribution in [-0.4, -0.2) is 39.6 Å². The van der Waals surface area contributed by atoms with Crippen molar-refractivity contribution in [1.29, 1.82) is 0 Å². The normalized spacial score (nSPS) is 13.7. The van der Waals surface area contributed by atoms with Crippen LogP contribution in [0.1, 0.15) is 16.1 Å². The molecule has 1 aliphatic rings. The van der Waals surface area contributed by atoms with E-state index in [0.717, 1.165) is 5.69 Å². The van der Waals surface area contributed by atoms with E-state index in [1.165, 1.54) is 6.07 Å². The van der Waals surface area contributed by atoms with Gasteiger partial charge in [-0.25, -0.2) is 4.98 Å². The average Bonchev–Trinajstić information content (AvgIpc) is 2.69. The molecule has 4 rings (SSSR count). The van der Waals surface area contributed by atoms with Crippen molar-refractivity contribution in [2.75, 3.05) is 13.1 Å². The van der Waals surface area contributed by atoms with Gasteiger partial charge in [-0.05, 0) is 37.3 Å². The first-order valence-corrected chi connectivity index (χ1v) is 9.32. The standard InChI is InChI=1S/C22H21N3O4/c1-15-10-18(12-21(26)24(15)2)28-19-13-25(14-19)22(27)16-6-5-7-17(11-16)29-20-8-3-4-9-23-20/h3-12,19H,13-14H2,1-2H3. The summed E-state index contributed by atoms with van der Waals surface area (Å²) in [7, 11) is 1.72. The summed E-state index contributed by atoms with van der Waals surface area (Å²) in [5, 5.41) is 0. The van der Waals surface area contributed by atoms with Crippen molar-refractivity contribution < 1.29 is 14.3 Å². The molecule has 0 N–H and O–H groups in total. The number of carbonyl (C=O) groups is 1. The summed E-state index contributed by atoms with van der Waals surface area (Å²) < 4.78 is 13.1. The van der Waals surface area contributed by atoms with Crippen molar-refractivity contribution in [3.05, 3.63) is 82.4 Å². The smallest absolute Gasteiger partial charge is 0.254 e. The highest BCUT2D eigenvalue weighted by molar-refractivity contribution is 5.95. The number of likely N-dealkylation sites (tertiary alicyclic amines) is 1. The van der Waals surface area contributed by atoms with Gasteiger partial charge < -0.3 is 18.9 Å². The highest BCUT2D eigenvalue weighted by atomic mass is 16.5. The quantitative estimate of drug-likeness (QED) is 0.669. The van der Waals surface area contributed by atoms with Gasteiger partial charge in [0.25, 0.3) is 11.5 Å². The van der Waals surface area contributed by atoms with Crippen molar-refractivity contribution in [2.45, 2.75) is 13.0 Å². The van der Waals surface area contributed by atoms with E-state index in [9.17, 15) is 9.59 Å². The lowest BCUT2D eigenvalue weighted by molar-refractivity contribution is 0.0176. The molecule has 0 bridgehead atoms. The number of benzene rings is 1. The average molecular weight is 391 g/mol. The molecule has 1 fully saturated rings. The van der Waals surface area contributed by atoms with Crippen molar-refractivity contribution >= 4 is 5.91 Å². The molecule has 0 spiro atoms. The van der Waals surface area contributed by atoms with E-state index in [1.54, 1.807) is 53.0 Å². The first-order chi connectivity index (χ1) is 14.0. The molecule has 3 aromatic rings. The fourth-order valence-corrected chi connectivity index (χ4v) is 3.08. The molecular weight excluding hydrogens is 370 g/mol. The van der Waals surface area contributed by atoms with E-state index < -0.39 is 0 Å². The van der Waals surface area contributed by atoms with Gasteiger partial charge in [0.2, 0.25) is 5.88 Å². The van der Waals surface area contributed by atoms with Crippen molar-refractivity contribution in [2.24, 2.45) is 7.05 Å². The lowest BCUT2D eigenvalue weighted by Gasteiger charge is -2.39. The predicted molar refractivity (Wildman–Crippen MR) is 107 cm³/mol. The van der Waals surface area contributed by atoms with E-state index in [0.29, 0.717) is 36.0 Å². The number of rotatable bonds is 5. The molecule has 7 heteroatoms. The third-order valence-electron chi connectivity index (χ3n) is 4.86. The second-order valence-corrected chi connectivity index (χ2v) is 6.98. The topological polar surface area (TPSA) is 73.7 Å². The second-order valence-electron chi connectivity index (χ2n) is 6.98. The number of hydrogen-bond acceptors (Lipinski definition) is 5. The maximum absolute atomic E-state index is 12.7. The van der Waals surface area contributed by atoms with E-state index >= 15 is 0 Å². The van der Waals surface area contributed by atoms with Crippen LogP contribution < -0.4 is 15.0 Å². The zero-order valence-corrected chi connectivity index (χ0v) is 16.2. The van der Waals surface area contributed by atoms with E-state index in [4.69, 9.17) is 9.47 Å². The van der Waals surface area contributed by atoms with Crippen molar-refractivity contribution in [3.63, 3.8) is 0 Å². The fourth-order valence-electron chi connectivity index (χ4n) is 3.08. The SMILES string of the molecule is Cc1cc(OC2CN(C(=O)c3cccc(Oc4ccccn4)c3)C2)cc(=O)n1C. The highest BCUT2D eigenvalue weighted by Gasteiger charge is 2.33. The van der Waals surface area contributed by atoms with Crippen LogP contribution >= 0.6 is 0 Å². The Kier molecular flexibility index (Phi) is 5.03. The number of aryl methyl sites for hydroxylation is 1. The molecule has 29 heavy (non-hydrogen) atoms. The largest absolute Gasteiger partial charge is 0.486 e. The Balaban J connectivity index is 1.37. The van der Waals surface area contributed by atoms with Crippen LogP contribution in [0.2, 0.25) is 0 Å². The van der Waals surface area contributed by atoms with Gasteiger partial charge in [-0.3, -0.25) is 9.59 Å². The summed E-state index contributed by atoms with van der Waals surface area (Å²) in [4.78, 5) is 30.4. The van der Waals surface area contributed by atoms with Crippen LogP contribution in [0.4, 0.5) is 0 Å². The summed E-state index contributed by atoms with van der Waals surface area (Å²) in [6.07, 6.45) is 1.52. The van der Waals surface area contributed by atoms with Gasteiger partial charge in [0, 0.05) is 36.6 Å². The maximum Gasteiger partial charge on any atom is 0.254 e. The number of carbonyl (C=O) groups excluding carboxylic acids is 1. The molecule has 3 heterocycles. The molecule has 1 saturated heterocycles. The third kappa shape index (κ3) is 4.13. The Bertz CT molecular complexity index is 1090. The number of hydrogen-bond donors (Lipinski definition) is 0. The molecular formula is C22H21N3O4. The molecule has 0 radical (unpaired) electrons. The first-order valence-electron chi connectivity index (χ1n) is 9.32. The lowest BCUT2D eigenvalue weighted by atomic mass is 10.1. The summed E-state index contributed by atoms with van der Waals surface area (Å²) in [6.45, 7) is 2.79. The Morgan fingerprint density at radius 1 is 1.07 bits per heavy atom. The van der Waals surface area contributed by atoms with Gasteiger partial charge in [0.05, 0.1) is 13.1 Å². The number of amides is 1. The molecule has 2 aromatic heterocycles. The van der Waals surface area contributed by atoms with Crippen LogP contribution in [0.5, 0.6) is 17.4 Å². The Morgan fingerprint density at radius 2 is 1.90 bits per heavy atom. The summed E-state index contributed by atoms with van der Waals surface area (Å²) >= 11 is 0. The van der Waals surface area contributed by atoms with Crippen LogP contribution in [-0.2, 0) is 7.05 Å². The zero-order chi connectivity index (χ0) is 20.4. The van der Waals surface area contributed by atoms with E-state index in [1.807, 2.05) is 25.1 Å². The van der Waals surface area contributed by atoms with Crippen LogP contribution in [0.25, 0.3) is 0 Å². The minimum atomic E-state index is -0.126. The number of pyridine rings is 2. The Hall–Kier alpha value is -3.61. The van der Waals surface area contributed by atoms with Crippen LogP contribution in [0.3, 0.4) is 0 Å². The van der Waals surface area contributed by atoms with Crippen LogP contribution in [0, 0.1) is 6.92 Å². The van der Waals surface area contributed by atoms with Crippen molar-refractivity contribution in [1.82, 2.24) is 14.5 Å². The number of nitrogens with zero attached hydrogens (tertiary/aromatic N) is 3. The summed E-state index contributed by atoms with van der Waals surface area (Å²) in [5.41, 5.74) is 1.25. The van der Waals surface area contributed by atoms with Gasteiger partial charge in [0.1, 0.15) is 17.6 Å². The Labute approximate surface area is 168 Å². The van der Waals surface area contributed by atoms with E-state index in [-0.39, 0.29) is 17.6 Å².